The van der Waals surface area contributed by atoms with Crippen LogP contribution < -0.4 is 10.6 Å². The number of phenolic OH excluding ortho intramolecular Hbond substituents is 1. The van der Waals surface area contributed by atoms with Gasteiger partial charge in [-0.05, 0) is 47.7 Å². The molecule has 0 fully saturated rings. The van der Waals surface area contributed by atoms with Gasteiger partial charge in [-0.15, -0.1) is 4.91 Å². The molecule has 2 aromatic carbocycles. The van der Waals surface area contributed by atoms with E-state index in [1.807, 2.05) is 0 Å². The molecule has 0 bridgehead atoms. The van der Waals surface area contributed by atoms with Crippen LogP contribution in [0.2, 0.25) is 10.0 Å². The Kier molecular flexibility index (Phi) is 4.95. The number of aromatic hydroxyl groups is 1. The van der Waals surface area contributed by atoms with Crippen LogP contribution in [0.1, 0.15) is 0 Å². The maximum Gasteiger partial charge on any atom is 0.175 e. The van der Waals surface area contributed by atoms with Crippen molar-refractivity contribution in [3.8, 4) is 5.75 Å². The molecule has 0 amide bonds. The number of nitrogens with zero attached hydrogens (tertiary/aromatic N) is 1. The molecule has 8 heteroatoms. The molecule has 108 valence electrons. The lowest BCUT2D eigenvalue weighted by Crippen LogP contribution is -2.19. The topological polar surface area (TPSA) is 73.7 Å². The highest BCUT2D eigenvalue weighted by Crippen LogP contribution is 2.35. The molecule has 0 atom stereocenters. The Bertz CT molecular complexity index is 710. The maximum absolute atomic E-state index is 10.5. The Labute approximate surface area is 135 Å². The Morgan fingerprint density at radius 1 is 1.19 bits per heavy atom. The SMILES string of the molecule is O=Nc1cccc(NC(=S)Nc2cc(Cl)cc(Cl)c2O)c1. The summed E-state index contributed by atoms with van der Waals surface area (Å²) < 4.78 is 0. The molecule has 2 rings (SSSR count). The van der Waals surface area contributed by atoms with Gasteiger partial charge in [0.05, 0.1) is 10.7 Å². The number of phenols is 1. The summed E-state index contributed by atoms with van der Waals surface area (Å²) in [4.78, 5) is 10.5. The average Bonchev–Trinajstić information content (AvgIpc) is 2.44. The van der Waals surface area contributed by atoms with Crippen LogP contribution in [-0.2, 0) is 0 Å². The van der Waals surface area contributed by atoms with Crippen molar-refractivity contribution < 1.29 is 5.11 Å². The minimum atomic E-state index is -0.159. The fraction of sp³-hybridized carbons (Fsp3) is 0. The van der Waals surface area contributed by atoms with Crippen LogP contribution in [0.5, 0.6) is 5.75 Å². The summed E-state index contributed by atoms with van der Waals surface area (Å²) in [5, 5.41) is 18.9. The van der Waals surface area contributed by atoms with Crippen LogP contribution in [0.15, 0.2) is 41.6 Å². The second kappa shape index (κ2) is 6.71. The van der Waals surface area contributed by atoms with Crippen LogP contribution in [0.25, 0.3) is 0 Å². The molecule has 3 N–H and O–H groups in total. The number of halogens is 2. The van der Waals surface area contributed by atoms with Gasteiger partial charge in [0, 0.05) is 10.7 Å². The van der Waals surface area contributed by atoms with Gasteiger partial charge in [0.25, 0.3) is 0 Å². The van der Waals surface area contributed by atoms with E-state index in [4.69, 9.17) is 35.4 Å². The Balaban J connectivity index is 2.13. The van der Waals surface area contributed by atoms with E-state index in [0.717, 1.165) is 0 Å². The minimum Gasteiger partial charge on any atom is -0.504 e. The molecule has 0 spiro atoms. The highest BCUT2D eigenvalue weighted by Gasteiger charge is 2.09. The summed E-state index contributed by atoms with van der Waals surface area (Å²) >= 11 is 16.8. The Morgan fingerprint density at radius 3 is 2.67 bits per heavy atom. The standard InChI is InChI=1S/C13H9Cl2N3O2S/c14-7-4-10(15)12(19)11(5-7)17-13(21)16-8-2-1-3-9(6-8)18-20/h1-6,19H,(H2,16,17,21). The number of rotatable bonds is 3. The molecule has 5 nitrogen and oxygen atoms in total. The molecule has 21 heavy (non-hydrogen) atoms. The van der Waals surface area contributed by atoms with E-state index in [2.05, 4.69) is 15.8 Å². The number of anilines is 2. The molecule has 0 aliphatic carbocycles. The first-order valence-corrected chi connectivity index (χ1v) is 6.85. The number of hydrogen-bond donors (Lipinski definition) is 3. The number of hydrogen-bond acceptors (Lipinski definition) is 4. The minimum absolute atomic E-state index is 0.111. The zero-order chi connectivity index (χ0) is 15.4. The van der Waals surface area contributed by atoms with E-state index >= 15 is 0 Å². The van der Waals surface area contributed by atoms with Crippen LogP contribution in [0, 0.1) is 4.91 Å². The van der Waals surface area contributed by atoms with Crippen LogP contribution in [0.4, 0.5) is 17.1 Å². The van der Waals surface area contributed by atoms with Gasteiger partial charge < -0.3 is 15.7 Å². The monoisotopic (exact) mass is 341 g/mol. The predicted molar refractivity (Wildman–Crippen MR) is 89.9 cm³/mol. The quantitative estimate of drug-likeness (QED) is 0.420. The average molecular weight is 342 g/mol. The molecule has 0 saturated heterocycles. The zero-order valence-electron chi connectivity index (χ0n) is 10.4. The van der Waals surface area contributed by atoms with E-state index in [1.165, 1.54) is 18.2 Å². The van der Waals surface area contributed by atoms with Crippen molar-refractivity contribution in [2.75, 3.05) is 10.6 Å². The normalized spacial score (nSPS) is 10.0. The number of thiocarbonyl (C=S) groups is 1. The molecule has 0 aliphatic heterocycles. The summed E-state index contributed by atoms with van der Waals surface area (Å²) in [5.41, 5.74) is 1.13. The van der Waals surface area contributed by atoms with Crippen molar-refractivity contribution in [1.29, 1.82) is 0 Å². The van der Waals surface area contributed by atoms with Gasteiger partial charge in [0.1, 0.15) is 5.69 Å². The van der Waals surface area contributed by atoms with E-state index in [1.54, 1.807) is 18.2 Å². The van der Waals surface area contributed by atoms with Crippen molar-refractivity contribution in [1.82, 2.24) is 0 Å². The zero-order valence-corrected chi connectivity index (χ0v) is 12.8. The van der Waals surface area contributed by atoms with E-state index in [-0.39, 0.29) is 27.3 Å². The molecule has 0 aliphatic rings. The first kappa shape index (κ1) is 15.5. The van der Waals surface area contributed by atoms with Gasteiger partial charge in [-0.1, -0.05) is 29.3 Å². The molecule has 0 unspecified atom stereocenters. The van der Waals surface area contributed by atoms with Gasteiger partial charge in [-0.25, -0.2) is 0 Å². The van der Waals surface area contributed by atoms with E-state index in [9.17, 15) is 10.0 Å². The number of benzene rings is 2. The molecule has 2 aromatic rings. The van der Waals surface area contributed by atoms with Gasteiger partial charge >= 0.3 is 0 Å². The summed E-state index contributed by atoms with van der Waals surface area (Å²) in [5.74, 6) is -0.159. The molecular weight excluding hydrogens is 333 g/mol. The van der Waals surface area contributed by atoms with Crippen LogP contribution in [0.3, 0.4) is 0 Å². The van der Waals surface area contributed by atoms with Crippen molar-refractivity contribution in [2.24, 2.45) is 5.18 Å². The molecule has 0 saturated carbocycles. The van der Waals surface area contributed by atoms with Crippen LogP contribution >= 0.6 is 35.4 Å². The third-order valence-corrected chi connectivity index (χ3v) is 3.20. The van der Waals surface area contributed by atoms with Gasteiger partial charge in [0.15, 0.2) is 10.9 Å². The van der Waals surface area contributed by atoms with Gasteiger partial charge in [-0.2, -0.15) is 0 Å². The first-order valence-electron chi connectivity index (χ1n) is 5.69. The maximum atomic E-state index is 10.5. The summed E-state index contributed by atoms with van der Waals surface area (Å²) in [6, 6.07) is 9.38. The molecule has 0 radical (unpaired) electrons. The fourth-order valence-electron chi connectivity index (χ4n) is 1.59. The van der Waals surface area contributed by atoms with Crippen molar-refractivity contribution >= 4 is 57.6 Å². The second-order valence-electron chi connectivity index (χ2n) is 4.00. The predicted octanol–water partition coefficient (Wildman–Crippen LogP) is 4.91. The lowest BCUT2D eigenvalue weighted by atomic mass is 10.3. The Hall–Kier alpha value is -1.89. The van der Waals surface area contributed by atoms with E-state index < -0.39 is 0 Å². The summed E-state index contributed by atoms with van der Waals surface area (Å²) in [6.07, 6.45) is 0. The van der Waals surface area contributed by atoms with Crippen molar-refractivity contribution in [3.63, 3.8) is 0 Å². The highest BCUT2D eigenvalue weighted by atomic mass is 35.5. The highest BCUT2D eigenvalue weighted by molar-refractivity contribution is 7.80. The number of nitroso groups, excluding NO2 is 1. The molecule has 0 aromatic heterocycles. The summed E-state index contributed by atoms with van der Waals surface area (Å²) in [7, 11) is 0. The lowest BCUT2D eigenvalue weighted by molar-refractivity contribution is 0.478. The lowest BCUT2D eigenvalue weighted by Gasteiger charge is -2.13. The number of nitrogens with one attached hydrogen (secondary N) is 2. The van der Waals surface area contributed by atoms with E-state index in [0.29, 0.717) is 10.7 Å². The third kappa shape index (κ3) is 4.04. The molecular formula is C13H9Cl2N3O2S. The van der Waals surface area contributed by atoms with Crippen molar-refractivity contribution in [2.45, 2.75) is 0 Å². The third-order valence-electron chi connectivity index (χ3n) is 2.49. The first-order chi connectivity index (χ1) is 9.99. The summed E-state index contributed by atoms with van der Waals surface area (Å²) in [6.45, 7) is 0. The van der Waals surface area contributed by atoms with Gasteiger partial charge in [0.2, 0.25) is 0 Å². The fourth-order valence-corrected chi connectivity index (χ4v) is 2.31. The van der Waals surface area contributed by atoms with Gasteiger partial charge in [-0.3, -0.25) is 0 Å². The van der Waals surface area contributed by atoms with Crippen molar-refractivity contribution in [3.05, 3.63) is 51.4 Å². The second-order valence-corrected chi connectivity index (χ2v) is 5.26. The largest absolute Gasteiger partial charge is 0.504 e. The molecule has 0 heterocycles. The van der Waals surface area contributed by atoms with Crippen LogP contribution in [-0.4, -0.2) is 10.2 Å². The Morgan fingerprint density at radius 2 is 1.95 bits per heavy atom. The smallest absolute Gasteiger partial charge is 0.175 e.